The molecule has 1 aromatic heterocycles. The number of nitrogens with one attached hydrogen (secondary N) is 1. The largest absolute Gasteiger partial charge is 0.484 e. The summed E-state index contributed by atoms with van der Waals surface area (Å²) in [4.78, 5) is 11.8. The number of hydrogen-bond acceptors (Lipinski definition) is 3. The van der Waals surface area contributed by atoms with E-state index in [9.17, 15) is 18.0 Å². The summed E-state index contributed by atoms with van der Waals surface area (Å²) in [6.45, 7) is 0.657. The van der Waals surface area contributed by atoms with Crippen LogP contribution in [0.4, 0.5) is 13.2 Å². The summed E-state index contributed by atoms with van der Waals surface area (Å²) < 4.78 is 45.7. The molecule has 0 fully saturated rings. The van der Waals surface area contributed by atoms with Gasteiger partial charge in [0.2, 0.25) is 0 Å². The van der Waals surface area contributed by atoms with Crippen LogP contribution in [0.3, 0.4) is 0 Å². The number of carbonyl (C=O) groups is 1. The fourth-order valence-corrected chi connectivity index (χ4v) is 1.74. The van der Waals surface area contributed by atoms with E-state index in [1.165, 1.54) is 18.4 Å². The zero-order chi connectivity index (χ0) is 16.2. The fourth-order valence-electron chi connectivity index (χ4n) is 1.74. The first kappa shape index (κ1) is 15.9. The third-order valence-electron chi connectivity index (χ3n) is 2.85. The van der Waals surface area contributed by atoms with E-state index in [-0.39, 0.29) is 24.0 Å². The van der Waals surface area contributed by atoms with Crippen molar-refractivity contribution in [2.45, 2.75) is 19.6 Å². The predicted molar refractivity (Wildman–Crippen MR) is 72.6 cm³/mol. The van der Waals surface area contributed by atoms with Crippen LogP contribution in [-0.2, 0) is 6.54 Å². The zero-order valence-corrected chi connectivity index (χ0v) is 11.7. The Hall–Kier alpha value is -2.44. The molecular weight excluding hydrogens is 299 g/mol. The van der Waals surface area contributed by atoms with Gasteiger partial charge in [0.15, 0.2) is 12.4 Å². The minimum Gasteiger partial charge on any atom is -0.484 e. The van der Waals surface area contributed by atoms with Crippen molar-refractivity contribution in [2.24, 2.45) is 0 Å². The van der Waals surface area contributed by atoms with Crippen LogP contribution in [-0.4, -0.2) is 18.7 Å². The summed E-state index contributed by atoms with van der Waals surface area (Å²) >= 11 is 0. The van der Waals surface area contributed by atoms with E-state index in [0.29, 0.717) is 0 Å². The van der Waals surface area contributed by atoms with E-state index >= 15 is 0 Å². The number of benzene rings is 1. The van der Waals surface area contributed by atoms with E-state index in [1.54, 1.807) is 25.1 Å². The maximum atomic E-state index is 12.0. The number of rotatable bonds is 5. The van der Waals surface area contributed by atoms with Crippen molar-refractivity contribution >= 4 is 5.91 Å². The molecule has 0 aliphatic rings. The lowest BCUT2D eigenvalue weighted by atomic mass is 10.2. The van der Waals surface area contributed by atoms with Crippen molar-refractivity contribution in [1.29, 1.82) is 0 Å². The second kappa shape index (κ2) is 6.55. The minimum atomic E-state index is -4.37. The second-order valence-electron chi connectivity index (χ2n) is 4.66. The molecule has 0 radical (unpaired) electrons. The van der Waals surface area contributed by atoms with Gasteiger partial charge in [0.1, 0.15) is 5.75 Å². The van der Waals surface area contributed by atoms with Gasteiger partial charge in [-0.3, -0.25) is 4.79 Å². The van der Waals surface area contributed by atoms with Gasteiger partial charge in [-0.25, -0.2) is 0 Å². The Balaban J connectivity index is 1.86. The Morgan fingerprint density at radius 1 is 1.23 bits per heavy atom. The normalized spacial score (nSPS) is 11.3. The first-order valence-electron chi connectivity index (χ1n) is 6.46. The van der Waals surface area contributed by atoms with Gasteiger partial charge in [0.05, 0.1) is 6.26 Å². The van der Waals surface area contributed by atoms with E-state index in [1.807, 2.05) is 0 Å². The fraction of sp³-hybridized carbons (Fsp3) is 0.267. The van der Waals surface area contributed by atoms with Gasteiger partial charge in [0.25, 0.3) is 5.91 Å². The Morgan fingerprint density at radius 3 is 2.45 bits per heavy atom. The van der Waals surface area contributed by atoms with E-state index < -0.39 is 12.8 Å². The van der Waals surface area contributed by atoms with Gasteiger partial charge in [-0.15, -0.1) is 0 Å². The number of halogens is 3. The summed E-state index contributed by atoms with van der Waals surface area (Å²) in [7, 11) is 0. The molecule has 0 atom stereocenters. The average molecular weight is 313 g/mol. The van der Waals surface area contributed by atoms with Gasteiger partial charge >= 0.3 is 6.18 Å². The molecule has 0 bridgehead atoms. The number of aryl methyl sites for hydroxylation is 1. The molecule has 7 heteroatoms. The second-order valence-corrected chi connectivity index (χ2v) is 4.66. The molecule has 2 rings (SSSR count). The Kier molecular flexibility index (Phi) is 4.75. The van der Waals surface area contributed by atoms with E-state index in [2.05, 4.69) is 10.1 Å². The molecule has 1 aromatic carbocycles. The molecule has 0 aliphatic carbocycles. The molecule has 2 aromatic rings. The monoisotopic (exact) mass is 313 g/mol. The average Bonchev–Trinajstić information content (AvgIpc) is 2.89. The molecular formula is C15H14F3NO3. The summed E-state index contributed by atoms with van der Waals surface area (Å²) in [5.74, 6) is 0.0132. The predicted octanol–water partition coefficient (Wildman–Crippen LogP) is 3.46. The molecule has 0 aliphatic heterocycles. The highest BCUT2D eigenvalue weighted by Crippen LogP contribution is 2.19. The molecule has 0 unspecified atom stereocenters. The molecule has 1 N–H and O–H groups in total. The van der Waals surface area contributed by atoms with E-state index in [4.69, 9.17) is 4.42 Å². The number of ether oxygens (including phenoxy) is 1. The summed E-state index contributed by atoms with van der Waals surface area (Å²) in [6.07, 6.45) is -2.94. The number of amides is 1. The zero-order valence-electron chi connectivity index (χ0n) is 11.7. The molecule has 4 nitrogen and oxygen atoms in total. The van der Waals surface area contributed by atoms with E-state index in [0.717, 1.165) is 11.1 Å². The van der Waals surface area contributed by atoms with Crippen LogP contribution in [0.25, 0.3) is 0 Å². The molecule has 1 heterocycles. The van der Waals surface area contributed by atoms with Crippen LogP contribution >= 0.6 is 0 Å². The lowest BCUT2D eigenvalue weighted by molar-refractivity contribution is -0.153. The maximum Gasteiger partial charge on any atom is 0.422 e. The highest BCUT2D eigenvalue weighted by Gasteiger charge is 2.28. The van der Waals surface area contributed by atoms with Crippen LogP contribution in [0.5, 0.6) is 5.75 Å². The van der Waals surface area contributed by atoms with Crippen molar-refractivity contribution < 1.29 is 27.1 Å². The minimum absolute atomic E-state index is 0.120. The quantitative estimate of drug-likeness (QED) is 0.919. The molecule has 22 heavy (non-hydrogen) atoms. The summed E-state index contributed by atoms with van der Waals surface area (Å²) in [5, 5.41) is 2.66. The maximum absolute atomic E-state index is 12.0. The summed E-state index contributed by atoms with van der Waals surface area (Å²) in [6, 6.07) is 7.69. The number of alkyl halides is 3. The molecule has 0 saturated carbocycles. The molecule has 0 spiro atoms. The first-order chi connectivity index (χ1) is 10.3. The van der Waals surface area contributed by atoms with Gasteiger partial charge in [0, 0.05) is 12.1 Å². The number of carbonyl (C=O) groups excluding carboxylic acids is 1. The third kappa shape index (κ3) is 4.54. The summed E-state index contributed by atoms with van der Waals surface area (Å²) in [5.41, 5.74) is 1.46. The standard InChI is InChI=1S/C15H14F3NO3/c1-10-6-7-21-13(10)14(20)19-8-11-2-4-12(5-3-11)22-9-15(16,17)18/h2-7H,8-9H2,1H3,(H,19,20). The van der Waals surface area contributed by atoms with Gasteiger partial charge in [-0.2, -0.15) is 13.2 Å². The van der Waals surface area contributed by atoms with Gasteiger partial charge < -0.3 is 14.5 Å². The molecule has 0 saturated heterocycles. The van der Waals surface area contributed by atoms with Crippen molar-refractivity contribution in [3.8, 4) is 5.75 Å². The van der Waals surface area contributed by atoms with Crippen LogP contribution in [0.2, 0.25) is 0 Å². The van der Waals surface area contributed by atoms with Crippen molar-refractivity contribution in [1.82, 2.24) is 5.32 Å². The molecule has 1 amide bonds. The third-order valence-corrected chi connectivity index (χ3v) is 2.85. The van der Waals surface area contributed by atoms with Crippen LogP contribution in [0.15, 0.2) is 41.0 Å². The van der Waals surface area contributed by atoms with Gasteiger partial charge in [-0.05, 0) is 30.7 Å². The Bertz CT molecular complexity index is 632. The Morgan fingerprint density at radius 2 is 1.91 bits per heavy atom. The van der Waals surface area contributed by atoms with Crippen molar-refractivity contribution in [3.63, 3.8) is 0 Å². The highest BCUT2D eigenvalue weighted by molar-refractivity contribution is 5.92. The van der Waals surface area contributed by atoms with Gasteiger partial charge in [-0.1, -0.05) is 12.1 Å². The smallest absolute Gasteiger partial charge is 0.422 e. The van der Waals surface area contributed by atoms with Crippen LogP contribution < -0.4 is 10.1 Å². The number of hydrogen-bond donors (Lipinski definition) is 1. The molecule has 118 valence electrons. The lowest BCUT2D eigenvalue weighted by Gasteiger charge is -2.10. The Labute approximate surface area is 124 Å². The number of furan rings is 1. The lowest BCUT2D eigenvalue weighted by Crippen LogP contribution is -2.23. The van der Waals surface area contributed by atoms with Crippen LogP contribution in [0.1, 0.15) is 21.7 Å². The van der Waals surface area contributed by atoms with Crippen LogP contribution in [0, 0.1) is 6.92 Å². The highest BCUT2D eigenvalue weighted by atomic mass is 19.4. The SMILES string of the molecule is Cc1ccoc1C(=O)NCc1ccc(OCC(F)(F)F)cc1. The van der Waals surface area contributed by atoms with Crippen molar-refractivity contribution in [3.05, 3.63) is 53.5 Å². The first-order valence-corrected chi connectivity index (χ1v) is 6.46. The van der Waals surface area contributed by atoms with Crippen molar-refractivity contribution in [2.75, 3.05) is 6.61 Å². The topological polar surface area (TPSA) is 51.5 Å².